The molecule has 0 bridgehead atoms. The van der Waals surface area contributed by atoms with E-state index in [0.29, 0.717) is 0 Å². The summed E-state index contributed by atoms with van der Waals surface area (Å²) in [6.45, 7) is 0. The van der Waals surface area contributed by atoms with Crippen LogP contribution in [0.3, 0.4) is 0 Å². The van der Waals surface area contributed by atoms with Crippen molar-refractivity contribution in [3.8, 4) is 0 Å². The van der Waals surface area contributed by atoms with E-state index in [-0.39, 0.29) is 5.91 Å². The highest BCUT2D eigenvalue weighted by Gasteiger charge is 2.17. The molecule has 0 radical (unpaired) electrons. The van der Waals surface area contributed by atoms with Gasteiger partial charge in [0, 0.05) is 14.2 Å². The molecule has 26 heavy (non-hydrogen) atoms. The van der Waals surface area contributed by atoms with Crippen molar-refractivity contribution in [3.05, 3.63) is 66.7 Å². The molecular formula is C23H20O2Si. The number of rotatable bonds is 4. The second kappa shape index (κ2) is 6.06. The Hall–Kier alpha value is -2.46. The van der Waals surface area contributed by atoms with E-state index in [1.54, 1.807) is 14.2 Å². The van der Waals surface area contributed by atoms with Crippen molar-refractivity contribution in [1.29, 1.82) is 0 Å². The summed E-state index contributed by atoms with van der Waals surface area (Å²) in [5.41, 5.74) is 0. The van der Waals surface area contributed by atoms with Crippen LogP contribution in [0.25, 0.3) is 43.1 Å². The van der Waals surface area contributed by atoms with Crippen molar-refractivity contribution in [1.82, 2.24) is 0 Å². The predicted molar refractivity (Wildman–Crippen MR) is 114 cm³/mol. The average Bonchev–Trinajstić information content (AvgIpc) is 2.70. The molecule has 3 heteroatoms. The number of benzene rings is 5. The van der Waals surface area contributed by atoms with Crippen LogP contribution in [0.1, 0.15) is 0 Å². The Balaban J connectivity index is 2.01. The Morgan fingerprint density at radius 3 is 1.85 bits per heavy atom. The van der Waals surface area contributed by atoms with Gasteiger partial charge in [-0.05, 0) is 43.1 Å². The maximum Gasteiger partial charge on any atom is 0.139 e. The Morgan fingerprint density at radius 1 is 0.615 bits per heavy atom. The van der Waals surface area contributed by atoms with Crippen LogP contribution in [0.5, 0.6) is 0 Å². The van der Waals surface area contributed by atoms with Gasteiger partial charge in [-0.25, -0.2) is 0 Å². The van der Waals surface area contributed by atoms with E-state index in [4.69, 9.17) is 9.47 Å². The van der Waals surface area contributed by atoms with Crippen molar-refractivity contribution in [2.24, 2.45) is 0 Å². The van der Waals surface area contributed by atoms with Crippen LogP contribution in [0, 0.1) is 0 Å². The molecule has 0 aliphatic rings. The zero-order valence-corrected chi connectivity index (χ0v) is 16.4. The lowest BCUT2D eigenvalue weighted by atomic mass is 9.90. The molecule has 0 unspecified atom stereocenters. The molecule has 0 aromatic heterocycles. The van der Waals surface area contributed by atoms with Gasteiger partial charge in [-0.3, -0.25) is 0 Å². The third-order valence-corrected chi connectivity index (χ3v) is 7.54. The van der Waals surface area contributed by atoms with Gasteiger partial charge in [-0.2, -0.15) is 0 Å². The molecule has 0 fully saturated rings. The molecule has 0 heterocycles. The van der Waals surface area contributed by atoms with E-state index < -0.39 is 9.52 Å². The Kier molecular flexibility index (Phi) is 3.67. The van der Waals surface area contributed by atoms with Crippen molar-refractivity contribution in [2.45, 2.75) is 5.91 Å². The van der Waals surface area contributed by atoms with Crippen LogP contribution >= 0.6 is 0 Å². The molecule has 0 N–H and O–H groups in total. The normalized spacial score (nSPS) is 12.7. The monoisotopic (exact) mass is 356 g/mol. The van der Waals surface area contributed by atoms with Gasteiger partial charge in [0.1, 0.15) is 15.4 Å². The summed E-state index contributed by atoms with van der Waals surface area (Å²) in [6.07, 6.45) is 0. The number of methoxy groups -OCH3 is 2. The zero-order chi connectivity index (χ0) is 17.7. The summed E-state index contributed by atoms with van der Waals surface area (Å²) in [4.78, 5) is 0. The third-order valence-electron chi connectivity index (χ3n) is 5.51. The summed E-state index contributed by atoms with van der Waals surface area (Å²) < 4.78 is 11.1. The fourth-order valence-electron chi connectivity index (χ4n) is 4.34. The summed E-state index contributed by atoms with van der Waals surface area (Å²) in [7, 11) is 2.72. The predicted octanol–water partition coefficient (Wildman–Crippen LogP) is 4.11. The summed E-state index contributed by atoms with van der Waals surface area (Å²) in [5, 5.41) is 12.1. The van der Waals surface area contributed by atoms with Crippen molar-refractivity contribution >= 4 is 57.8 Å². The van der Waals surface area contributed by atoms with Crippen LogP contribution in [0.15, 0.2) is 66.7 Å². The van der Waals surface area contributed by atoms with E-state index >= 15 is 0 Å². The molecule has 5 aromatic carbocycles. The first-order valence-electron chi connectivity index (χ1n) is 8.94. The van der Waals surface area contributed by atoms with Gasteiger partial charge in [0.2, 0.25) is 0 Å². The van der Waals surface area contributed by atoms with Gasteiger partial charge >= 0.3 is 0 Å². The number of ether oxygens (including phenoxy) is 2. The Bertz CT molecular complexity index is 1240. The molecule has 0 atom stereocenters. The molecule has 0 saturated heterocycles. The largest absolute Gasteiger partial charge is 0.360 e. The molecule has 128 valence electrons. The molecule has 0 aliphatic heterocycles. The molecule has 0 amide bonds. The van der Waals surface area contributed by atoms with Gasteiger partial charge in [0.05, 0.1) is 0 Å². The minimum absolute atomic E-state index is 0.104. The molecular weight excluding hydrogens is 336 g/mol. The van der Waals surface area contributed by atoms with Crippen molar-refractivity contribution in [2.75, 3.05) is 14.2 Å². The lowest BCUT2D eigenvalue weighted by Crippen LogP contribution is -2.31. The van der Waals surface area contributed by atoms with Crippen LogP contribution in [0.4, 0.5) is 0 Å². The molecule has 2 nitrogen and oxygen atoms in total. The average molecular weight is 356 g/mol. The molecule has 0 saturated carbocycles. The van der Waals surface area contributed by atoms with Crippen LogP contribution in [-0.4, -0.2) is 29.7 Å². The molecule has 5 aromatic rings. The highest BCUT2D eigenvalue weighted by molar-refractivity contribution is 6.60. The molecule has 0 spiro atoms. The van der Waals surface area contributed by atoms with Crippen molar-refractivity contribution in [3.63, 3.8) is 0 Å². The quantitative estimate of drug-likeness (QED) is 0.209. The maximum absolute atomic E-state index is 5.55. The van der Waals surface area contributed by atoms with Crippen molar-refractivity contribution < 1.29 is 9.47 Å². The topological polar surface area (TPSA) is 18.5 Å². The van der Waals surface area contributed by atoms with Crippen LogP contribution in [0.2, 0.25) is 0 Å². The highest BCUT2D eigenvalue weighted by atomic mass is 28.2. The number of hydrogen-bond donors (Lipinski definition) is 0. The lowest BCUT2D eigenvalue weighted by molar-refractivity contribution is -0.0429. The Labute approximate surface area is 154 Å². The minimum Gasteiger partial charge on any atom is -0.360 e. The SMILES string of the molecule is COC(OC)[SiH2]c1ccc2cccc3c4cccc5cccc(c1c23)c54. The fourth-order valence-corrected chi connectivity index (χ4v) is 5.86. The Morgan fingerprint density at radius 2 is 1.19 bits per heavy atom. The fraction of sp³-hybridized carbons (Fsp3) is 0.130. The lowest BCUT2D eigenvalue weighted by Gasteiger charge is -2.19. The summed E-state index contributed by atoms with van der Waals surface area (Å²) in [5.74, 6) is -0.104. The summed E-state index contributed by atoms with van der Waals surface area (Å²) >= 11 is 0. The van der Waals surface area contributed by atoms with Gasteiger partial charge in [0.25, 0.3) is 0 Å². The zero-order valence-electron chi connectivity index (χ0n) is 15.0. The molecule has 5 rings (SSSR count). The summed E-state index contributed by atoms with van der Waals surface area (Å²) in [6, 6.07) is 24.4. The van der Waals surface area contributed by atoms with Crippen LogP contribution < -0.4 is 5.19 Å². The second-order valence-electron chi connectivity index (χ2n) is 6.82. The van der Waals surface area contributed by atoms with Gasteiger partial charge in [-0.15, -0.1) is 0 Å². The maximum atomic E-state index is 5.55. The highest BCUT2D eigenvalue weighted by Crippen LogP contribution is 2.39. The van der Waals surface area contributed by atoms with E-state index in [0.717, 1.165) is 0 Å². The smallest absolute Gasteiger partial charge is 0.139 e. The first kappa shape index (κ1) is 15.8. The van der Waals surface area contributed by atoms with E-state index in [2.05, 4.69) is 66.7 Å². The third kappa shape index (κ3) is 2.18. The van der Waals surface area contributed by atoms with E-state index in [9.17, 15) is 0 Å². The minimum atomic E-state index is -0.747. The number of hydrogen-bond acceptors (Lipinski definition) is 2. The van der Waals surface area contributed by atoms with Gasteiger partial charge < -0.3 is 9.47 Å². The van der Waals surface area contributed by atoms with Crippen LogP contribution in [-0.2, 0) is 9.47 Å². The van der Waals surface area contributed by atoms with Gasteiger partial charge in [-0.1, -0.05) is 71.9 Å². The first-order chi connectivity index (χ1) is 12.8. The van der Waals surface area contributed by atoms with Gasteiger partial charge in [0.15, 0.2) is 0 Å². The van der Waals surface area contributed by atoms with E-state index in [1.807, 2.05) is 0 Å². The number of fused-ring (bicyclic) bond motifs is 2. The molecule has 0 aliphatic carbocycles. The van der Waals surface area contributed by atoms with E-state index in [1.165, 1.54) is 48.3 Å². The first-order valence-corrected chi connectivity index (χ1v) is 10.5. The standard InChI is InChI=1S/C23H20O2Si/c1-24-23(25-2)26-19-13-12-15-8-4-10-17-16-9-3-6-14-7-5-11-18(20(14)16)22(19)21(15)17/h3-13,23H,26H2,1-2H3. The second-order valence-corrected chi connectivity index (χ2v) is 8.65.